The molecular weight excluding hydrogens is 338 g/mol. The summed E-state index contributed by atoms with van der Waals surface area (Å²) in [6.07, 6.45) is 1.28. The largest absolute Gasteiger partial charge is 0.294 e. The molecule has 0 radical (unpaired) electrons. The highest BCUT2D eigenvalue weighted by molar-refractivity contribution is 7.15. The topological polar surface area (TPSA) is 30.0 Å². The van der Waals surface area contributed by atoms with Gasteiger partial charge in [0.25, 0.3) is 0 Å². The van der Waals surface area contributed by atoms with Crippen LogP contribution in [0.4, 0.5) is 0 Å². The van der Waals surface area contributed by atoms with E-state index in [2.05, 4.69) is 45.0 Å². The number of hydrogen-bond acceptors (Lipinski definition) is 3. The van der Waals surface area contributed by atoms with Crippen LogP contribution in [0.25, 0.3) is 10.6 Å². The van der Waals surface area contributed by atoms with Gasteiger partial charge < -0.3 is 0 Å². The Hall–Kier alpha value is -2.26. The standard InChI is InChI=1S/C23H25NOS/c1-15(2)22-21(13-12-20(25)19-7-5-6-17(4)14-19)26-23(24-22)18-10-8-16(3)9-11-18/h5-11,14-15H,12-13H2,1-4H3. The van der Waals surface area contributed by atoms with Crippen molar-refractivity contribution in [1.82, 2.24) is 4.98 Å². The summed E-state index contributed by atoms with van der Waals surface area (Å²) in [6.45, 7) is 8.44. The third kappa shape index (κ3) is 4.28. The number of aryl methyl sites for hydroxylation is 3. The van der Waals surface area contributed by atoms with Crippen LogP contribution >= 0.6 is 11.3 Å². The molecule has 3 heteroatoms. The number of ketones is 1. The van der Waals surface area contributed by atoms with E-state index in [1.54, 1.807) is 11.3 Å². The van der Waals surface area contributed by atoms with Gasteiger partial charge in [0.15, 0.2) is 5.78 Å². The third-order valence-corrected chi connectivity index (χ3v) is 5.67. The zero-order valence-electron chi connectivity index (χ0n) is 15.9. The number of thiazole rings is 1. The number of benzene rings is 2. The first-order valence-electron chi connectivity index (χ1n) is 9.10. The minimum Gasteiger partial charge on any atom is -0.294 e. The van der Waals surface area contributed by atoms with E-state index in [1.807, 2.05) is 31.2 Å². The van der Waals surface area contributed by atoms with Gasteiger partial charge in [0.1, 0.15) is 5.01 Å². The SMILES string of the molecule is Cc1ccc(-c2nc(C(C)C)c(CCC(=O)c3cccc(C)c3)s2)cc1. The monoisotopic (exact) mass is 363 g/mol. The van der Waals surface area contributed by atoms with Crippen LogP contribution in [-0.2, 0) is 6.42 Å². The maximum Gasteiger partial charge on any atom is 0.163 e. The zero-order valence-corrected chi connectivity index (χ0v) is 16.7. The summed E-state index contributed by atoms with van der Waals surface area (Å²) < 4.78 is 0. The van der Waals surface area contributed by atoms with Crippen LogP contribution in [0.5, 0.6) is 0 Å². The van der Waals surface area contributed by atoms with Gasteiger partial charge in [-0.2, -0.15) is 0 Å². The molecule has 0 N–H and O–H groups in total. The number of nitrogens with zero attached hydrogens (tertiary/aromatic N) is 1. The lowest BCUT2D eigenvalue weighted by atomic mass is 10.0. The Morgan fingerprint density at radius 2 is 1.77 bits per heavy atom. The number of aromatic nitrogens is 1. The molecule has 0 aliphatic carbocycles. The molecule has 0 unspecified atom stereocenters. The molecule has 0 bridgehead atoms. The molecule has 1 heterocycles. The van der Waals surface area contributed by atoms with Crippen molar-refractivity contribution in [3.63, 3.8) is 0 Å². The van der Waals surface area contributed by atoms with Gasteiger partial charge >= 0.3 is 0 Å². The van der Waals surface area contributed by atoms with Crippen LogP contribution in [0, 0.1) is 13.8 Å². The smallest absolute Gasteiger partial charge is 0.163 e. The van der Waals surface area contributed by atoms with E-state index < -0.39 is 0 Å². The second-order valence-electron chi connectivity index (χ2n) is 7.14. The Morgan fingerprint density at radius 3 is 2.42 bits per heavy atom. The van der Waals surface area contributed by atoms with Crippen molar-refractivity contribution < 1.29 is 4.79 Å². The average molecular weight is 364 g/mol. The van der Waals surface area contributed by atoms with Crippen LogP contribution < -0.4 is 0 Å². The molecule has 0 saturated carbocycles. The lowest BCUT2D eigenvalue weighted by Gasteiger charge is -2.05. The zero-order chi connectivity index (χ0) is 18.7. The van der Waals surface area contributed by atoms with Crippen LogP contribution in [0.2, 0.25) is 0 Å². The van der Waals surface area contributed by atoms with Gasteiger partial charge in [0, 0.05) is 22.4 Å². The summed E-state index contributed by atoms with van der Waals surface area (Å²) in [6, 6.07) is 16.3. The van der Waals surface area contributed by atoms with E-state index in [0.29, 0.717) is 12.3 Å². The maximum absolute atomic E-state index is 12.5. The molecule has 2 nitrogen and oxygen atoms in total. The summed E-state index contributed by atoms with van der Waals surface area (Å²) in [5.74, 6) is 0.559. The molecule has 0 aliphatic rings. The van der Waals surface area contributed by atoms with Crippen molar-refractivity contribution in [2.75, 3.05) is 0 Å². The molecule has 1 aromatic heterocycles. The summed E-state index contributed by atoms with van der Waals surface area (Å²) in [7, 11) is 0. The molecule has 0 saturated heterocycles. The van der Waals surface area contributed by atoms with E-state index in [0.717, 1.165) is 33.8 Å². The fourth-order valence-electron chi connectivity index (χ4n) is 3.00. The molecule has 0 fully saturated rings. The summed E-state index contributed by atoms with van der Waals surface area (Å²) in [4.78, 5) is 18.7. The molecule has 3 rings (SSSR count). The number of hydrogen-bond donors (Lipinski definition) is 0. The van der Waals surface area contributed by atoms with Gasteiger partial charge in [-0.15, -0.1) is 11.3 Å². The fourth-order valence-corrected chi connectivity index (χ4v) is 4.22. The lowest BCUT2D eigenvalue weighted by molar-refractivity contribution is 0.0983. The van der Waals surface area contributed by atoms with Crippen molar-refractivity contribution in [3.8, 4) is 10.6 Å². The van der Waals surface area contributed by atoms with Gasteiger partial charge in [-0.3, -0.25) is 4.79 Å². The van der Waals surface area contributed by atoms with E-state index in [4.69, 9.17) is 4.98 Å². The predicted molar refractivity (Wildman–Crippen MR) is 110 cm³/mol. The number of Topliss-reactive ketones (excluding diaryl/α,β-unsaturated/α-hetero) is 1. The highest BCUT2D eigenvalue weighted by atomic mass is 32.1. The minimum absolute atomic E-state index is 0.202. The lowest BCUT2D eigenvalue weighted by Crippen LogP contribution is -2.02. The first-order chi connectivity index (χ1) is 12.4. The first-order valence-corrected chi connectivity index (χ1v) is 9.92. The molecule has 0 aliphatic heterocycles. The maximum atomic E-state index is 12.5. The fraction of sp³-hybridized carbons (Fsp3) is 0.304. The van der Waals surface area contributed by atoms with Crippen molar-refractivity contribution in [2.24, 2.45) is 0 Å². The summed E-state index contributed by atoms with van der Waals surface area (Å²) >= 11 is 1.72. The van der Waals surface area contributed by atoms with Crippen molar-refractivity contribution in [3.05, 3.63) is 75.8 Å². The normalized spacial score (nSPS) is 11.1. The molecule has 2 aromatic carbocycles. The van der Waals surface area contributed by atoms with E-state index >= 15 is 0 Å². The van der Waals surface area contributed by atoms with E-state index in [1.165, 1.54) is 10.4 Å². The second-order valence-corrected chi connectivity index (χ2v) is 8.22. The number of carbonyl (C=O) groups is 1. The number of rotatable bonds is 6. The highest BCUT2D eigenvalue weighted by Gasteiger charge is 2.17. The molecular formula is C23H25NOS. The Kier molecular flexibility index (Phi) is 5.67. The Morgan fingerprint density at radius 1 is 1.04 bits per heavy atom. The van der Waals surface area contributed by atoms with Crippen LogP contribution in [0.15, 0.2) is 48.5 Å². The Balaban J connectivity index is 1.80. The Labute approximate surface area is 159 Å². The highest BCUT2D eigenvalue weighted by Crippen LogP contribution is 2.33. The molecule has 26 heavy (non-hydrogen) atoms. The summed E-state index contributed by atoms with van der Waals surface area (Å²) in [5.41, 5.74) is 5.46. The van der Waals surface area contributed by atoms with Crippen LogP contribution in [0.3, 0.4) is 0 Å². The quantitative estimate of drug-likeness (QED) is 0.477. The predicted octanol–water partition coefficient (Wildman–Crippen LogP) is 6.37. The van der Waals surface area contributed by atoms with Crippen molar-refractivity contribution >= 4 is 17.1 Å². The average Bonchev–Trinajstić information content (AvgIpc) is 3.05. The van der Waals surface area contributed by atoms with Gasteiger partial charge in [0.05, 0.1) is 5.69 Å². The number of carbonyl (C=O) groups excluding carboxylic acids is 1. The van der Waals surface area contributed by atoms with Crippen LogP contribution in [0.1, 0.15) is 58.2 Å². The third-order valence-electron chi connectivity index (χ3n) is 4.49. The molecule has 3 aromatic rings. The minimum atomic E-state index is 0.202. The molecule has 0 spiro atoms. The molecule has 0 atom stereocenters. The Bertz CT molecular complexity index is 906. The molecule has 0 amide bonds. The van der Waals surface area contributed by atoms with Gasteiger partial charge in [-0.1, -0.05) is 67.4 Å². The van der Waals surface area contributed by atoms with Crippen LogP contribution in [-0.4, -0.2) is 10.8 Å². The summed E-state index contributed by atoms with van der Waals surface area (Å²) in [5, 5.41) is 1.05. The van der Waals surface area contributed by atoms with Gasteiger partial charge in [-0.25, -0.2) is 4.98 Å². The van der Waals surface area contributed by atoms with E-state index in [9.17, 15) is 4.79 Å². The van der Waals surface area contributed by atoms with Crippen molar-refractivity contribution in [1.29, 1.82) is 0 Å². The molecule has 134 valence electrons. The van der Waals surface area contributed by atoms with E-state index in [-0.39, 0.29) is 5.78 Å². The van der Waals surface area contributed by atoms with Crippen molar-refractivity contribution in [2.45, 2.75) is 46.5 Å². The second kappa shape index (κ2) is 7.96. The van der Waals surface area contributed by atoms with Gasteiger partial charge in [-0.05, 0) is 32.3 Å². The first kappa shape index (κ1) is 18.5. The van der Waals surface area contributed by atoms with Gasteiger partial charge in [0.2, 0.25) is 0 Å².